The van der Waals surface area contributed by atoms with Crippen molar-refractivity contribution in [2.45, 2.75) is 42.7 Å². The van der Waals surface area contributed by atoms with Gasteiger partial charge in [-0.25, -0.2) is 0 Å². The molecule has 5 heteroatoms. The molecule has 0 spiro atoms. The lowest BCUT2D eigenvalue weighted by atomic mass is 9.83. The first-order valence-electron chi connectivity index (χ1n) is 9.99. The number of benzene rings is 2. The summed E-state index contributed by atoms with van der Waals surface area (Å²) in [6.45, 7) is 1.69. The van der Waals surface area contributed by atoms with Crippen molar-refractivity contribution in [3.8, 4) is 0 Å². The molecular formula is C23H27NO3S. The lowest BCUT2D eigenvalue weighted by Gasteiger charge is -2.41. The summed E-state index contributed by atoms with van der Waals surface area (Å²) >= 11 is 0. The van der Waals surface area contributed by atoms with Gasteiger partial charge in [-0.3, -0.25) is 13.9 Å². The van der Waals surface area contributed by atoms with Crippen LogP contribution in [-0.4, -0.2) is 51.5 Å². The highest BCUT2D eigenvalue weighted by Gasteiger charge is 2.35. The standard InChI is InChI=1S/C23H27NO3S/c1-28(27)20-8-6-16(7-9-20)23(26)17-10-12-24(13-11-17)21-14-18-4-2-3-5-19(18)15-22(21)25/h2-9,17,21-22,25H,10-15H2,1H3. The summed E-state index contributed by atoms with van der Waals surface area (Å²) in [5, 5.41) is 10.7. The largest absolute Gasteiger partial charge is 0.391 e. The molecule has 148 valence electrons. The minimum absolute atomic E-state index is 0.0299. The number of rotatable bonds is 4. The number of ketones is 1. The molecule has 1 heterocycles. The van der Waals surface area contributed by atoms with Gasteiger partial charge in [0.05, 0.1) is 6.10 Å². The predicted molar refractivity (Wildman–Crippen MR) is 111 cm³/mol. The summed E-state index contributed by atoms with van der Waals surface area (Å²) in [5.74, 6) is 0.213. The van der Waals surface area contributed by atoms with Crippen molar-refractivity contribution in [2.24, 2.45) is 5.92 Å². The van der Waals surface area contributed by atoms with E-state index in [1.54, 1.807) is 30.5 Å². The van der Waals surface area contributed by atoms with Crippen LogP contribution in [0.15, 0.2) is 53.4 Å². The molecule has 3 unspecified atom stereocenters. The minimum atomic E-state index is -1.02. The Hall–Kier alpha value is -1.82. The van der Waals surface area contributed by atoms with E-state index in [-0.39, 0.29) is 23.8 Å². The fourth-order valence-electron chi connectivity index (χ4n) is 4.59. The van der Waals surface area contributed by atoms with E-state index in [0.29, 0.717) is 12.0 Å². The van der Waals surface area contributed by atoms with Crippen LogP contribution in [0.2, 0.25) is 0 Å². The number of hydrogen-bond donors (Lipinski definition) is 1. The van der Waals surface area contributed by atoms with E-state index in [1.807, 2.05) is 6.07 Å². The molecule has 0 radical (unpaired) electrons. The van der Waals surface area contributed by atoms with E-state index in [4.69, 9.17) is 0 Å². The quantitative estimate of drug-likeness (QED) is 0.806. The van der Waals surface area contributed by atoms with Gasteiger partial charge in [0.1, 0.15) is 0 Å². The van der Waals surface area contributed by atoms with E-state index in [0.717, 1.165) is 37.2 Å². The normalized spacial score (nSPS) is 24.5. The number of likely N-dealkylation sites (tertiary alicyclic amines) is 1. The Labute approximate surface area is 169 Å². The molecule has 0 bridgehead atoms. The van der Waals surface area contributed by atoms with E-state index >= 15 is 0 Å². The monoisotopic (exact) mass is 397 g/mol. The van der Waals surface area contributed by atoms with Crippen molar-refractivity contribution in [3.05, 3.63) is 65.2 Å². The third kappa shape index (κ3) is 3.97. The average Bonchev–Trinajstić information content (AvgIpc) is 2.73. The van der Waals surface area contributed by atoms with Crippen LogP contribution in [0.4, 0.5) is 0 Å². The molecule has 0 aromatic heterocycles. The molecule has 1 saturated heterocycles. The van der Waals surface area contributed by atoms with Gasteiger partial charge in [0.15, 0.2) is 5.78 Å². The summed E-state index contributed by atoms with van der Waals surface area (Å²) < 4.78 is 11.5. The second kappa shape index (κ2) is 8.27. The fraction of sp³-hybridized carbons (Fsp3) is 0.435. The van der Waals surface area contributed by atoms with Gasteiger partial charge < -0.3 is 5.11 Å². The Bertz CT molecular complexity index is 872. The lowest BCUT2D eigenvalue weighted by molar-refractivity contribution is 0.0239. The lowest BCUT2D eigenvalue weighted by Crippen LogP contribution is -2.51. The SMILES string of the molecule is CS(=O)c1ccc(C(=O)C2CCN(C3Cc4ccccc4CC3O)CC2)cc1. The number of carbonyl (C=O) groups excluding carboxylic acids is 1. The number of hydrogen-bond acceptors (Lipinski definition) is 4. The minimum Gasteiger partial charge on any atom is -0.391 e. The molecule has 4 rings (SSSR count). The Morgan fingerprint density at radius 2 is 1.61 bits per heavy atom. The van der Waals surface area contributed by atoms with Crippen LogP contribution in [0.25, 0.3) is 0 Å². The smallest absolute Gasteiger partial charge is 0.166 e. The molecule has 2 aliphatic rings. The van der Waals surface area contributed by atoms with Crippen molar-refractivity contribution < 1.29 is 14.1 Å². The van der Waals surface area contributed by atoms with E-state index < -0.39 is 10.8 Å². The van der Waals surface area contributed by atoms with Crippen LogP contribution in [0.3, 0.4) is 0 Å². The number of piperidine rings is 1. The zero-order valence-corrected chi connectivity index (χ0v) is 17.0. The molecule has 3 atom stereocenters. The Kier molecular flexibility index (Phi) is 5.76. The first kappa shape index (κ1) is 19.5. The third-order valence-corrected chi connectivity index (χ3v) is 7.20. The van der Waals surface area contributed by atoms with Gasteiger partial charge >= 0.3 is 0 Å². The molecular weight excluding hydrogens is 370 g/mol. The van der Waals surface area contributed by atoms with Gasteiger partial charge in [0, 0.05) is 45.9 Å². The number of Topliss-reactive ketones (excluding diaryl/α,β-unsaturated/α-hetero) is 1. The van der Waals surface area contributed by atoms with Crippen LogP contribution in [-0.2, 0) is 23.6 Å². The molecule has 1 fully saturated rings. The van der Waals surface area contributed by atoms with Crippen molar-refractivity contribution in [3.63, 3.8) is 0 Å². The molecule has 2 aromatic rings. The summed E-state index contributed by atoms with van der Waals surface area (Å²) in [6.07, 6.45) is 4.54. The third-order valence-electron chi connectivity index (χ3n) is 6.26. The topological polar surface area (TPSA) is 57.6 Å². The van der Waals surface area contributed by atoms with Crippen LogP contribution >= 0.6 is 0 Å². The highest BCUT2D eigenvalue weighted by Crippen LogP contribution is 2.29. The van der Waals surface area contributed by atoms with Crippen LogP contribution < -0.4 is 0 Å². The molecule has 0 saturated carbocycles. The Morgan fingerprint density at radius 3 is 2.21 bits per heavy atom. The number of aliphatic hydroxyl groups is 1. The summed E-state index contributed by atoms with van der Waals surface area (Å²) in [6, 6.07) is 15.7. The van der Waals surface area contributed by atoms with Gasteiger partial charge in [0.2, 0.25) is 0 Å². The fourth-order valence-corrected chi connectivity index (χ4v) is 5.11. The number of aliphatic hydroxyl groups excluding tert-OH is 1. The molecule has 28 heavy (non-hydrogen) atoms. The highest BCUT2D eigenvalue weighted by atomic mass is 32.2. The van der Waals surface area contributed by atoms with E-state index in [2.05, 4.69) is 23.1 Å². The average molecular weight is 398 g/mol. The summed E-state index contributed by atoms with van der Waals surface area (Å²) in [7, 11) is -1.02. The van der Waals surface area contributed by atoms with E-state index in [1.165, 1.54) is 11.1 Å². The maximum atomic E-state index is 12.8. The maximum absolute atomic E-state index is 12.8. The van der Waals surface area contributed by atoms with Gasteiger partial charge in [-0.2, -0.15) is 0 Å². The first-order valence-corrected chi connectivity index (χ1v) is 11.6. The van der Waals surface area contributed by atoms with Crippen molar-refractivity contribution in [2.75, 3.05) is 19.3 Å². The van der Waals surface area contributed by atoms with Crippen molar-refractivity contribution in [1.82, 2.24) is 4.90 Å². The molecule has 1 N–H and O–H groups in total. The van der Waals surface area contributed by atoms with E-state index in [9.17, 15) is 14.1 Å². The maximum Gasteiger partial charge on any atom is 0.166 e. The number of nitrogens with zero attached hydrogens (tertiary/aromatic N) is 1. The second-order valence-corrected chi connectivity index (χ2v) is 9.34. The molecule has 2 aromatic carbocycles. The molecule has 1 aliphatic heterocycles. The number of fused-ring (bicyclic) bond motifs is 1. The van der Waals surface area contributed by atoms with Crippen molar-refractivity contribution in [1.29, 1.82) is 0 Å². The van der Waals surface area contributed by atoms with Gasteiger partial charge in [-0.15, -0.1) is 0 Å². The van der Waals surface area contributed by atoms with Gasteiger partial charge in [-0.1, -0.05) is 36.4 Å². The first-order chi connectivity index (χ1) is 13.5. The molecule has 0 amide bonds. The summed E-state index contributed by atoms with van der Waals surface area (Å²) in [4.78, 5) is 16.0. The highest BCUT2D eigenvalue weighted by molar-refractivity contribution is 7.84. The van der Waals surface area contributed by atoms with Crippen molar-refractivity contribution >= 4 is 16.6 Å². The zero-order valence-electron chi connectivity index (χ0n) is 16.2. The second-order valence-electron chi connectivity index (χ2n) is 7.96. The van der Waals surface area contributed by atoms with Crippen LogP contribution in [0.1, 0.15) is 34.3 Å². The van der Waals surface area contributed by atoms with Crippen LogP contribution in [0.5, 0.6) is 0 Å². The Morgan fingerprint density at radius 1 is 1.00 bits per heavy atom. The molecule has 1 aliphatic carbocycles. The zero-order chi connectivity index (χ0) is 19.7. The van der Waals surface area contributed by atoms with Gasteiger partial charge in [0.25, 0.3) is 0 Å². The van der Waals surface area contributed by atoms with Crippen LogP contribution in [0, 0.1) is 5.92 Å². The Balaban J connectivity index is 1.38. The number of carbonyl (C=O) groups is 1. The predicted octanol–water partition coefficient (Wildman–Crippen LogP) is 2.85. The molecule has 4 nitrogen and oxygen atoms in total. The van der Waals surface area contributed by atoms with Gasteiger partial charge in [-0.05, 0) is 55.6 Å². The summed E-state index contributed by atoms with van der Waals surface area (Å²) in [5.41, 5.74) is 3.30.